The number of fused-ring (bicyclic) bond motifs is 2. The Morgan fingerprint density at radius 2 is 2.15 bits per heavy atom. The average Bonchev–Trinajstić information content (AvgIpc) is 3.36. The summed E-state index contributed by atoms with van der Waals surface area (Å²) >= 11 is 0. The zero-order chi connectivity index (χ0) is 18.4. The van der Waals surface area contributed by atoms with Crippen LogP contribution in [0.4, 0.5) is 11.6 Å². The lowest BCUT2D eigenvalue weighted by Gasteiger charge is -2.46. The summed E-state index contributed by atoms with van der Waals surface area (Å²) in [6.45, 7) is 4.04. The van der Waals surface area contributed by atoms with Gasteiger partial charge in [-0.25, -0.2) is 0 Å². The zero-order valence-corrected chi connectivity index (χ0v) is 15.0. The fourth-order valence-corrected chi connectivity index (χ4v) is 4.16. The standard InChI is InChI=1S/C18H23N7O2/c19-15-8-16(20-18-21-17(22-25(15)18)14-2-1-7-27-14)24-6-5-23-9-12(11-26)3-4-13(23)10-24/h1-2,7-8,12-13,26H,3-6,9-11,19H2/t12-,13+/m1/s1. The van der Waals surface area contributed by atoms with Crippen LogP contribution in [0.3, 0.4) is 0 Å². The molecule has 0 saturated carbocycles. The van der Waals surface area contributed by atoms with Gasteiger partial charge in [-0.15, -0.1) is 5.10 Å². The van der Waals surface area contributed by atoms with Gasteiger partial charge in [0.15, 0.2) is 5.76 Å². The molecule has 2 aliphatic rings. The van der Waals surface area contributed by atoms with Gasteiger partial charge in [0.2, 0.25) is 5.82 Å². The Labute approximate surface area is 156 Å². The van der Waals surface area contributed by atoms with Crippen LogP contribution in [0.5, 0.6) is 0 Å². The minimum Gasteiger partial charge on any atom is -0.461 e. The number of piperazine rings is 1. The quantitative estimate of drug-likeness (QED) is 0.700. The molecule has 0 radical (unpaired) electrons. The summed E-state index contributed by atoms with van der Waals surface area (Å²) in [6.07, 6.45) is 3.78. The molecular weight excluding hydrogens is 346 g/mol. The van der Waals surface area contributed by atoms with Crippen molar-refractivity contribution in [3.63, 3.8) is 0 Å². The lowest BCUT2D eigenvalue weighted by Crippen LogP contribution is -2.57. The number of nitrogen functional groups attached to an aromatic ring is 1. The maximum atomic E-state index is 9.43. The van der Waals surface area contributed by atoms with Gasteiger partial charge in [0.25, 0.3) is 5.78 Å². The normalized spacial score (nSPS) is 23.7. The molecule has 3 aromatic rings. The molecule has 3 N–H and O–H groups in total. The fourth-order valence-electron chi connectivity index (χ4n) is 4.16. The van der Waals surface area contributed by atoms with Crippen LogP contribution in [0.1, 0.15) is 12.8 Å². The second-order valence-electron chi connectivity index (χ2n) is 7.38. The summed E-state index contributed by atoms with van der Waals surface area (Å²) in [5, 5.41) is 13.8. The van der Waals surface area contributed by atoms with E-state index in [9.17, 15) is 5.11 Å². The highest BCUT2D eigenvalue weighted by Crippen LogP contribution is 2.28. The molecule has 27 heavy (non-hydrogen) atoms. The van der Waals surface area contributed by atoms with Crippen LogP contribution < -0.4 is 10.6 Å². The number of aromatic nitrogens is 4. The molecule has 9 nitrogen and oxygen atoms in total. The summed E-state index contributed by atoms with van der Waals surface area (Å²) in [7, 11) is 0. The van der Waals surface area contributed by atoms with Crippen LogP contribution >= 0.6 is 0 Å². The van der Waals surface area contributed by atoms with Crippen molar-refractivity contribution in [3.8, 4) is 11.6 Å². The zero-order valence-electron chi connectivity index (χ0n) is 15.0. The maximum absolute atomic E-state index is 9.43. The van der Waals surface area contributed by atoms with Gasteiger partial charge in [-0.05, 0) is 30.9 Å². The van der Waals surface area contributed by atoms with Gasteiger partial charge >= 0.3 is 0 Å². The maximum Gasteiger partial charge on any atom is 0.256 e. The van der Waals surface area contributed by atoms with Crippen LogP contribution in [-0.2, 0) is 0 Å². The van der Waals surface area contributed by atoms with Crippen molar-refractivity contribution in [1.29, 1.82) is 0 Å². The van der Waals surface area contributed by atoms with Crippen molar-refractivity contribution in [2.24, 2.45) is 5.92 Å². The van der Waals surface area contributed by atoms with E-state index in [0.717, 1.165) is 44.8 Å². The van der Waals surface area contributed by atoms with Crippen LogP contribution in [0.2, 0.25) is 0 Å². The number of rotatable bonds is 3. The lowest BCUT2D eigenvalue weighted by molar-refractivity contribution is 0.0672. The fraction of sp³-hybridized carbons (Fsp3) is 0.500. The van der Waals surface area contributed by atoms with E-state index < -0.39 is 0 Å². The Kier molecular flexibility index (Phi) is 3.98. The molecule has 142 valence electrons. The minimum absolute atomic E-state index is 0.284. The molecule has 5 heterocycles. The Morgan fingerprint density at radius 1 is 1.22 bits per heavy atom. The van der Waals surface area contributed by atoms with Crippen LogP contribution in [-0.4, -0.2) is 68.4 Å². The third kappa shape index (κ3) is 2.92. The molecule has 0 spiro atoms. The third-order valence-corrected chi connectivity index (χ3v) is 5.66. The molecule has 3 aromatic heterocycles. The molecule has 2 atom stereocenters. The summed E-state index contributed by atoms with van der Waals surface area (Å²) < 4.78 is 6.92. The molecule has 0 aromatic carbocycles. The van der Waals surface area contributed by atoms with Gasteiger partial charge in [0, 0.05) is 44.9 Å². The van der Waals surface area contributed by atoms with Gasteiger partial charge in [0.1, 0.15) is 11.6 Å². The van der Waals surface area contributed by atoms with Crippen LogP contribution in [0, 0.1) is 5.92 Å². The molecule has 2 saturated heterocycles. The van der Waals surface area contributed by atoms with E-state index >= 15 is 0 Å². The highest BCUT2D eigenvalue weighted by molar-refractivity contribution is 5.57. The summed E-state index contributed by atoms with van der Waals surface area (Å²) in [5.41, 5.74) is 6.22. The van der Waals surface area contributed by atoms with Crippen molar-refractivity contribution in [2.75, 3.05) is 43.4 Å². The highest BCUT2D eigenvalue weighted by Gasteiger charge is 2.33. The SMILES string of the molecule is Nc1cc(N2CCN3C[C@H](CO)CC[C@H]3C2)nc2nc(-c3ccco3)nn12. The first-order valence-corrected chi connectivity index (χ1v) is 9.38. The number of piperidine rings is 1. The van der Waals surface area contributed by atoms with E-state index in [4.69, 9.17) is 15.1 Å². The average molecular weight is 369 g/mol. The van der Waals surface area contributed by atoms with Gasteiger partial charge < -0.3 is 20.2 Å². The number of nitrogens with zero attached hydrogens (tertiary/aromatic N) is 6. The molecule has 0 bridgehead atoms. The molecule has 2 fully saturated rings. The number of hydrogen-bond acceptors (Lipinski definition) is 8. The first-order chi connectivity index (χ1) is 13.2. The molecule has 0 unspecified atom stereocenters. The summed E-state index contributed by atoms with van der Waals surface area (Å²) in [4.78, 5) is 13.9. The van der Waals surface area contributed by atoms with E-state index in [-0.39, 0.29) is 6.61 Å². The smallest absolute Gasteiger partial charge is 0.256 e. The Bertz CT molecular complexity index is 939. The van der Waals surface area contributed by atoms with Gasteiger partial charge in [-0.3, -0.25) is 4.90 Å². The topological polar surface area (TPSA) is 109 Å². The minimum atomic E-state index is 0.284. The molecule has 2 aliphatic heterocycles. The van der Waals surface area contributed by atoms with Gasteiger partial charge in [0.05, 0.1) is 6.26 Å². The van der Waals surface area contributed by atoms with E-state index in [2.05, 4.69) is 19.9 Å². The second kappa shape index (κ2) is 6.50. The Balaban J connectivity index is 1.40. The van der Waals surface area contributed by atoms with E-state index in [0.29, 0.717) is 35.1 Å². The van der Waals surface area contributed by atoms with Gasteiger partial charge in [-0.1, -0.05) is 0 Å². The molecule has 5 rings (SSSR count). The first kappa shape index (κ1) is 16.5. The molecule has 0 aliphatic carbocycles. The Hall–Kier alpha value is -2.65. The van der Waals surface area contributed by atoms with Crippen molar-refractivity contribution >= 4 is 17.4 Å². The number of anilines is 2. The van der Waals surface area contributed by atoms with Crippen molar-refractivity contribution < 1.29 is 9.52 Å². The number of nitrogens with two attached hydrogens (primary N) is 1. The summed E-state index contributed by atoms with van der Waals surface area (Å²) in [6, 6.07) is 5.97. The molecular formula is C18H23N7O2. The Morgan fingerprint density at radius 3 is 2.96 bits per heavy atom. The monoisotopic (exact) mass is 369 g/mol. The second-order valence-corrected chi connectivity index (χ2v) is 7.38. The third-order valence-electron chi connectivity index (χ3n) is 5.66. The summed E-state index contributed by atoms with van der Waals surface area (Å²) in [5.74, 6) is 3.30. The molecule has 0 amide bonds. The molecule has 9 heteroatoms. The largest absolute Gasteiger partial charge is 0.461 e. The lowest BCUT2D eigenvalue weighted by atomic mass is 9.91. The van der Waals surface area contributed by atoms with Gasteiger partial charge in [-0.2, -0.15) is 14.5 Å². The van der Waals surface area contributed by atoms with E-state index in [1.807, 2.05) is 12.1 Å². The number of aliphatic hydroxyl groups excluding tert-OH is 1. The highest BCUT2D eigenvalue weighted by atomic mass is 16.3. The van der Waals surface area contributed by atoms with Crippen molar-refractivity contribution in [3.05, 3.63) is 24.5 Å². The predicted molar refractivity (Wildman–Crippen MR) is 100 cm³/mol. The number of aliphatic hydroxyl groups is 1. The predicted octanol–water partition coefficient (Wildman–Crippen LogP) is 0.859. The van der Waals surface area contributed by atoms with E-state index in [1.165, 1.54) is 0 Å². The van der Waals surface area contributed by atoms with Crippen LogP contribution in [0.15, 0.2) is 28.9 Å². The number of hydrogen-bond donors (Lipinski definition) is 2. The van der Waals surface area contributed by atoms with Crippen molar-refractivity contribution in [1.82, 2.24) is 24.5 Å². The van der Waals surface area contributed by atoms with Crippen molar-refractivity contribution in [2.45, 2.75) is 18.9 Å². The first-order valence-electron chi connectivity index (χ1n) is 9.38. The van der Waals surface area contributed by atoms with E-state index in [1.54, 1.807) is 16.8 Å². The van der Waals surface area contributed by atoms with Crippen LogP contribution in [0.25, 0.3) is 17.4 Å². The number of furan rings is 1.